The maximum atomic E-state index is 11.6. The Kier molecular flexibility index (Phi) is 7.02. The van der Waals surface area contributed by atoms with Crippen molar-refractivity contribution in [3.05, 3.63) is 13.2 Å². The number of alkyl carbamates (subject to hydrolysis) is 1. The minimum atomic E-state index is -0.462. The Balaban J connectivity index is 2.55. The number of hydrogen-bond acceptors (Lipinski definition) is 3. The van der Waals surface area contributed by atoms with Gasteiger partial charge in [-0.1, -0.05) is 6.92 Å². The highest BCUT2D eigenvalue weighted by molar-refractivity contribution is 14.1. The third-order valence-corrected chi connectivity index (χ3v) is 5.30. The van der Waals surface area contributed by atoms with Crippen molar-refractivity contribution in [3.63, 3.8) is 0 Å². The van der Waals surface area contributed by atoms with E-state index in [1.165, 1.54) is 0 Å². The van der Waals surface area contributed by atoms with Gasteiger partial charge in [0.25, 0.3) is 0 Å². The topological polar surface area (TPSA) is 56.2 Å². The fraction of sp³-hybridized carbons (Fsp3) is 0.692. The first-order valence-electron chi connectivity index (χ1n) is 6.62. The summed E-state index contributed by atoms with van der Waals surface area (Å²) < 4.78 is 9.51. The molecule has 20 heavy (non-hydrogen) atoms. The van der Waals surface area contributed by atoms with Crippen molar-refractivity contribution in [2.45, 2.75) is 52.7 Å². The van der Waals surface area contributed by atoms with Crippen LogP contribution in [0.1, 0.15) is 39.9 Å². The number of nitrogens with one attached hydrogen (secondary N) is 1. The Morgan fingerprint density at radius 2 is 2.05 bits per heavy atom. The number of imidazole rings is 1. The smallest absolute Gasteiger partial charge is 0.407 e. The number of halogens is 2. The normalized spacial score (nSPS) is 11.5. The van der Waals surface area contributed by atoms with Gasteiger partial charge in [-0.05, 0) is 72.4 Å². The van der Waals surface area contributed by atoms with Crippen molar-refractivity contribution in [1.82, 2.24) is 14.9 Å². The summed E-state index contributed by atoms with van der Waals surface area (Å²) in [6.07, 6.45) is 1.63. The molecule has 7 heteroatoms. The Morgan fingerprint density at radius 3 is 2.60 bits per heavy atom. The first-order valence-corrected chi connectivity index (χ1v) is 8.77. The van der Waals surface area contributed by atoms with Crippen LogP contribution in [0.15, 0.2) is 0 Å². The predicted molar refractivity (Wildman–Crippen MR) is 95.9 cm³/mol. The molecule has 0 aliphatic carbocycles. The highest BCUT2D eigenvalue weighted by atomic mass is 127. The number of hydrogen-bond donors (Lipinski definition) is 1. The summed E-state index contributed by atoms with van der Waals surface area (Å²) in [5.41, 5.74) is -0.462. The molecule has 0 atom stereocenters. The van der Waals surface area contributed by atoms with E-state index in [0.29, 0.717) is 13.1 Å². The lowest BCUT2D eigenvalue weighted by molar-refractivity contribution is 0.0526. The molecular weight excluding hydrogens is 484 g/mol. The van der Waals surface area contributed by atoms with Crippen LogP contribution in [0.4, 0.5) is 4.79 Å². The molecule has 0 spiro atoms. The molecule has 0 unspecified atom stereocenters. The van der Waals surface area contributed by atoms with Gasteiger partial charge in [-0.15, -0.1) is 0 Å². The van der Waals surface area contributed by atoms with Gasteiger partial charge in [-0.25, -0.2) is 9.78 Å². The molecule has 1 heterocycles. The molecule has 1 amide bonds. The average molecular weight is 505 g/mol. The summed E-state index contributed by atoms with van der Waals surface area (Å²) in [7, 11) is 0. The number of aryl methyl sites for hydroxylation is 1. The third kappa shape index (κ3) is 5.74. The zero-order valence-electron chi connectivity index (χ0n) is 12.3. The van der Waals surface area contributed by atoms with E-state index < -0.39 is 5.60 Å². The number of aromatic nitrogens is 2. The summed E-state index contributed by atoms with van der Waals surface area (Å²) in [5, 5.41) is 2.78. The monoisotopic (exact) mass is 505 g/mol. The molecule has 0 aliphatic heterocycles. The maximum Gasteiger partial charge on any atom is 0.407 e. The number of carbonyl (C=O) groups is 1. The van der Waals surface area contributed by atoms with Crippen molar-refractivity contribution in [2.24, 2.45) is 0 Å². The van der Waals surface area contributed by atoms with Gasteiger partial charge < -0.3 is 14.6 Å². The largest absolute Gasteiger partial charge is 0.444 e. The number of rotatable bonds is 5. The van der Waals surface area contributed by atoms with Crippen LogP contribution in [0, 0.1) is 7.40 Å². The van der Waals surface area contributed by atoms with E-state index in [-0.39, 0.29) is 6.09 Å². The van der Waals surface area contributed by atoms with E-state index in [2.05, 4.69) is 67.0 Å². The zero-order valence-corrected chi connectivity index (χ0v) is 16.6. The van der Waals surface area contributed by atoms with E-state index in [1.54, 1.807) is 0 Å². The molecule has 114 valence electrons. The molecule has 1 rings (SSSR count). The second kappa shape index (κ2) is 7.81. The van der Waals surface area contributed by atoms with Gasteiger partial charge in [0.05, 0.1) is 0 Å². The molecule has 0 radical (unpaired) electrons. The first-order chi connectivity index (χ1) is 9.24. The van der Waals surface area contributed by atoms with Crippen molar-refractivity contribution in [1.29, 1.82) is 0 Å². The SMILES string of the molecule is CCCc1nc(I)c(I)n1CCNC(=O)OC(C)(C)C. The van der Waals surface area contributed by atoms with Crippen LogP contribution in [0.2, 0.25) is 0 Å². The predicted octanol–water partition coefficient (Wildman–Crippen LogP) is 3.57. The molecule has 1 aromatic rings. The minimum Gasteiger partial charge on any atom is -0.444 e. The molecule has 1 N–H and O–H groups in total. The van der Waals surface area contributed by atoms with Crippen LogP contribution in [-0.2, 0) is 17.7 Å². The summed E-state index contributed by atoms with van der Waals surface area (Å²) >= 11 is 4.54. The van der Waals surface area contributed by atoms with Crippen LogP contribution in [0.25, 0.3) is 0 Å². The van der Waals surface area contributed by atoms with Crippen molar-refractivity contribution in [2.75, 3.05) is 6.54 Å². The molecule has 0 bridgehead atoms. The van der Waals surface area contributed by atoms with Crippen LogP contribution in [0.5, 0.6) is 0 Å². The lowest BCUT2D eigenvalue weighted by atomic mass is 10.2. The highest BCUT2D eigenvalue weighted by Gasteiger charge is 2.16. The Bertz CT molecular complexity index is 467. The molecule has 0 fully saturated rings. The van der Waals surface area contributed by atoms with E-state index in [4.69, 9.17) is 4.74 Å². The van der Waals surface area contributed by atoms with E-state index in [1.807, 2.05) is 20.8 Å². The lowest BCUT2D eigenvalue weighted by Gasteiger charge is -2.20. The molecule has 0 saturated carbocycles. The molecular formula is C13H21I2N3O2. The van der Waals surface area contributed by atoms with Crippen LogP contribution in [0.3, 0.4) is 0 Å². The number of nitrogens with zero attached hydrogens (tertiary/aromatic N) is 2. The Hall–Kier alpha value is -0.0600. The summed E-state index contributed by atoms with van der Waals surface area (Å²) in [6, 6.07) is 0. The van der Waals surface area contributed by atoms with E-state index >= 15 is 0 Å². The third-order valence-electron chi connectivity index (χ3n) is 2.42. The molecule has 0 aliphatic rings. The van der Waals surface area contributed by atoms with Crippen LogP contribution in [-0.4, -0.2) is 27.8 Å². The average Bonchev–Trinajstić information content (AvgIpc) is 2.55. The van der Waals surface area contributed by atoms with Gasteiger partial charge in [-0.2, -0.15) is 0 Å². The highest BCUT2D eigenvalue weighted by Crippen LogP contribution is 2.17. The van der Waals surface area contributed by atoms with Gasteiger partial charge in [0.15, 0.2) is 0 Å². The minimum absolute atomic E-state index is 0.376. The Morgan fingerprint density at radius 1 is 1.40 bits per heavy atom. The van der Waals surface area contributed by atoms with Gasteiger partial charge in [0.1, 0.15) is 18.8 Å². The number of carbonyl (C=O) groups excluding carboxylic acids is 1. The molecule has 1 aromatic heterocycles. The second-order valence-electron chi connectivity index (χ2n) is 5.44. The van der Waals surface area contributed by atoms with Crippen molar-refractivity contribution < 1.29 is 9.53 Å². The fourth-order valence-corrected chi connectivity index (χ4v) is 2.88. The van der Waals surface area contributed by atoms with E-state index in [0.717, 1.165) is 26.1 Å². The maximum absolute atomic E-state index is 11.6. The Labute approximate surface area is 147 Å². The zero-order chi connectivity index (χ0) is 15.3. The first kappa shape index (κ1) is 18.0. The fourth-order valence-electron chi connectivity index (χ4n) is 1.67. The van der Waals surface area contributed by atoms with E-state index in [9.17, 15) is 4.79 Å². The lowest BCUT2D eigenvalue weighted by Crippen LogP contribution is -2.34. The quantitative estimate of drug-likeness (QED) is 0.624. The van der Waals surface area contributed by atoms with Gasteiger partial charge in [0.2, 0.25) is 0 Å². The second-order valence-corrected chi connectivity index (χ2v) is 7.48. The molecule has 5 nitrogen and oxygen atoms in total. The number of ether oxygens (including phenoxy) is 1. The van der Waals surface area contributed by atoms with Crippen LogP contribution >= 0.6 is 45.2 Å². The van der Waals surface area contributed by atoms with Gasteiger partial charge in [0, 0.05) is 19.5 Å². The standard InChI is InChI=1S/C13H21I2N3O2/c1-5-6-9-17-10(14)11(15)18(9)8-7-16-12(19)20-13(2,3)4/h5-8H2,1-4H3,(H,16,19). The summed E-state index contributed by atoms with van der Waals surface area (Å²) in [6.45, 7) is 8.95. The summed E-state index contributed by atoms with van der Waals surface area (Å²) in [5.74, 6) is 1.08. The van der Waals surface area contributed by atoms with Gasteiger partial charge >= 0.3 is 6.09 Å². The van der Waals surface area contributed by atoms with Gasteiger partial charge in [-0.3, -0.25) is 0 Å². The van der Waals surface area contributed by atoms with Crippen molar-refractivity contribution >= 4 is 51.3 Å². The van der Waals surface area contributed by atoms with Crippen LogP contribution < -0.4 is 5.32 Å². The number of amides is 1. The molecule has 0 saturated heterocycles. The van der Waals surface area contributed by atoms with Crippen molar-refractivity contribution in [3.8, 4) is 0 Å². The molecule has 0 aromatic carbocycles. The summed E-state index contributed by atoms with van der Waals surface area (Å²) in [4.78, 5) is 16.1.